The first-order valence-electron chi connectivity index (χ1n) is 5.88. The first-order chi connectivity index (χ1) is 9.06. The molecule has 0 saturated heterocycles. The van der Waals surface area contributed by atoms with Crippen LogP contribution in [0.15, 0.2) is 42.5 Å². The third kappa shape index (κ3) is 3.48. The number of rotatable bonds is 3. The van der Waals surface area contributed by atoms with Crippen molar-refractivity contribution in [3.8, 4) is 5.75 Å². The van der Waals surface area contributed by atoms with Crippen molar-refractivity contribution in [1.82, 2.24) is 5.32 Å². The molecule has 2 aromatic carbocycles. The van der Waals surface area contributed by atoms with Gasteiger partial charge in [-0.05, 0) is 30.7 Å². The minimum atomic E-state index is -0.220. The molecule has 0 radical (unpaired) electrons. The number of amides is 1. The van der Waals surface area contributed by atoms with Crippen molar-refractivity contribution in [2.24, 2.45) is 0 Å². The van der Waals surface area contributed by atoms with Gasteiger partial charge in [-0.2, -0.15) is 0 Å². The number of carbonyl (C=O) groups excluding carboxylic acids is 1. The largest absolute Gasteiger partial charge is 0.506 e. The van der Waals surface area contributed by atoms with Crippen LogP contribution in [-0.2, 0) is 6.54 Å². The van der Waals surface area contributed by atoms with Crippen molar-refractivity contribution < 1.29 is 9.90 Å². The monoisotopic (exact) mass is 275 g/mol. The van der Waals surface area contributed by atoms with Crippen LogP contribution in [0.1, 0.15) is 21.5 Å². The number of aryl methyl sites for hydroxylation is 1. The number of halogens is 1. The first kappa shape index (κ1) is 13.4. The van der Waals surface area contributed by atoms with E-state index in [1.54, 1.807) is 0 Å². The molecular formula is C15H14ClNO2. The number of benzene rings is 2. The summed E-state index contributed by atoms with van der Waals surface area (Å²) in [6.45, 7) is 2.47. The Bertz CT molecular complexity index is 594. The topological polar surface area (TPSA) is 49.3 Å². The summed E-state index contributed by atoms with van der Waals surface area (Å²) < 4.78 is 0. The Labute approximate surface area is 116 Å². The predicted octanol–water partition coefficient (Wildman–Crippen LogP) is 3.28. The lowest BCUT2D eigenvalue weighted by atomic mass is 10.1. The summed E-state index contributed by atoms with van der Waals surface area (Å²) >= 11 is 5.76. The number of hydrogen-bond donors (Lipinski definition) is 2. The SMILES string of the molecule is Cc1ccc(CNC(=O)c2ccc(O)c(Cl)c2)cc1. The summed E-state index contributed by atoms with van der Waals surface area (Å²) in [5.41, 5.74) is 2.64. The van der Waals surface area contributed by atoms with Crippen molar-refractivity contribution in [3.05, 3.63) is 64.2 Å². The maximum atomic E-state index is 11.9. The Morgan fingerprint density at radius 1 is 1.21 bits per heavy atom. The molecule has 0 bridgehead atoms. The maximum absolute atomic E-state index is 11.9. The average molecular weight is 276 g/mol. The van der Waals surface area contributed by atoms with Gasteiger partial charge in [-0.1, -0.05) is 41.4 Å². The summed E-state index contributed by atoms with van der Waals surface area (Å²) in [5.74, 6) is -0.251. The van der Waals surface area contributed by atoms with Crippen LogP contribution < -0.4 is 5.32 Å². The fourth-order valence-electron chi connectivity index (χ4n) is 1.64. The number of aromatic hydroxyl groups is 1. The minimum Gasteiger partial charge on any atom is -0.506 e. The molecule has 0 aliphatic carbocycles. The number of phenols is 1. The smallest absolute Gasteiger partial charge is 0.251 e. The Kier molecular flexibility index (Phi) is 4.07. The second-order valence-corrected chi connectivity index (χ2v) is 4.74. The Morgan fingerprint density at radius 3 is 2.53 bits per heavy atom. The Balaban J connectivity index is 2.01. The first-order valence-corrected chi connectivity index (χ1v) is 6.26. The van der Waals surface area contributed by atoms with Crippen molar-refractivity contribution in [2.45, 2.75) is 13.5 Å². The van der Waals surface area contributed by atoms with Crippen LogP contribution in [0, 0.1) is 6.92 Å². The zero-order chi connectivity index (χ0) is 13.8. The van der Waals surface area contributed by atoms with E-state index in [0.717, 1.165) is 5.56 Å². The lowest BCUT2D eigenvalue weighted by molar-refractivity contribution is 0.0951. The van der Waals surface area contributed by atoms with E-state index < -0.39 is 0 Å². The van der Waals surface area contributed by atoms with Crippen molar-refractivity contribution in [3.63, 3.8) is 0 Å². The van der Waals surface area contributed by atoms with Gasteiger partial charge in [-0.15, -0.1) is 0 Å². The highest BCUT2D eigenvalue weighted by Gasteiger charge is 2.07. The lowest BCUT2D eigenvalue weighted by Crippen LogP contribution is -2.22. The molecule has 4 heteroatoms. The standard InChI is InChI=1S/C15H14ClNO2/c1-10-2-4-11(5-3-10)9-17-15(19)12-6-7-14(18)13(16)8-12/h2-8,18H,9H2,1H3,(H,17,19). The van der Waals surface area contributed by atoms with Crippen LogP contribution in [0.5, 0.6) is 5.75 Å². The molecule has 0 atom stereocenters. The highest BCUT2D eigenvalue weighted by atomic mass is 35.5. The van der Waals surface area contributed by atoms with Crippen molar-refractivity contribution in [1.29, 1.82) is 0 Å². The fourth-order valence-corrected chi connectivity index (χ4v) is 1.82. The number of carbonyl (C=O) groups is 1. The van der Waals surface area contributed by atoms with Gasteiger partial charge >= 0.3 is 0 Å². The average Bonchev–Trinajstić information content (AvgIpc) is 2.41. The van der Waals surface area contributed by atoms with Gasteiger partial charge in [0.2, 0.25) is 0 Å². The molecule has 0 spiro atoms. The van der Waals surface area contributed by atoms with Crippen LogP contribution in [-0.4, -0.2) is 11.0 Å². The fraction of sp³-hybridized carbons (Fsp3) is 0.133. The third-order valence-electron chi connectivity index (χ3n) is 2.78. The van der Waals surface area contributed by atoms with Crippen molar-refractivity contribution in [2.75, 3.05) is 0 Å². The predicted molar refractivity (Wildman–Crippen MR) is 75.5 cm³/mol. The molecule has 0 saturated carbocycles. The molecule has 0 aliphatic heterocycles. The van der Waals surface area contributed by atoms with E-state index in [1.165, 1.54) is 23.8 Å². The van der Waals surface area contributed by atoms with E-state index in [9.17, 15) is 9.90 Å². The van der Waals surface area contributed by atoms with Crippen molar-refractivity contribution >= 4 is 17.5 Å². The molecule has 0 fully saturated rings. The van der Waals surface area contributed by atoms with E-state index >= 15 is 0 Å². The van der Waals surface area contributed by atoms with Gasteiger partial charge in [0.1, 0.15) is 5.75 Å². The maximum Gasteiger partial charge on any atom is 0.251 e. The molecule has 0 unspecified atom stereocenters. The molecule has 2 N–H and O–H groups in total. The lowest BCUT2D eigenvalue weighted by Gasteiger charge is -2.06. The van der Waals surface area contributed by atoms with Crippen LogP contribution in [0.2, 0.25) is 5.02 Å². The van der Waals surface area contributed by atoms with Gasteiger partial charge in [0.05, 0.1) is 5.02 Å². The zero-order valence-electron chi connectivity index (χ0n) is 10.5. The summed E-state index contributed by atoms with van der Waals surface area (Å²) in [6, 6.07) is 12.3. The molecule has 98 valence electrons. The van der Waals surface area contributed by atoms with Crippen LogP contribution in [0.3, 0.4) is 0 Å². The quantitative estimate of drug-likeness (QED) is 0.903. The van der Waals surface area contributed by atoms with E-state index in [1.807, 2.05) is 31.2 Å². The second kappa shape index (κ2) is 5.76. The zero-order valence-corrected chi connectivity index (χ0v) is 11.2. The third-order valence-corrected chi connectivity index (χ3v) is 3.09. The molecule has 2 rings (SSSR count). The van der Waals surface area contributed by atoms with Crippen LogP contribution in [0.25, 0.3) is 0 Å². The molecule has 2 aromatic rings. The summed E-state index contributed by atoms with van der Waals surface area (Å²) in [5, 5.41) is 12.3. The van der Waals surface area contributed by atoms with E-state index in [2.05, 4.69) is 5.32 Å². The van der Waals surface area contributed by atoms with Gasteiger partial charge < -0.3 is 10.4 Å². The molecule has 0 heterocycles. The van der Waals surface area contributed by atoms with E-state index in [4.69, 9.17) is 11.6 Å². The Hall–Kier alpha value is -2.00. The highest BCUT2D eigenvalue weighted by Crippen LogP contribution is 2.23. The van der Waals surface area contributed by atoms with Crippen LogP contribution >= 0.6 is 11.6 Å². The normalized spacial score (nSPS) is 10.2. The molecule has 0 aliphatic rings. The summed E-state index contributed by atoms with van der Waals surface area (Å²) in [6.07, 6.45) is 0. The second-order valence-electron chi connectivity index (χ2n) is 4.33. The van der Waals surface area contributed by atoms with Gasteiger partial charge in [0.25, 0.3) is 5.91 Å². The van der Waals surface area contributed by atoms with Gasteiger partial charge in [-0.3, -0.25) is 4.79 Å². The van der Waals surface area contributed by atoms with Crippen LogP contribution in [0.4, 0.5) is 0 Å². The number of hydrogen-bond acceptors (Lipinski definition) is 2. The van der Waals surface area contributed by atoms with E-state index in [-0.39, 0.29) is 16.7 Å². The van der Waals surface area contributed by atoms with Gasteiger partial charge in [-0.25, -0.2) is 0 Å². The minimum absolute atomic E-state index is 0.0308. The Morgan fingerprint density at radius 2 is 1.89 bits per heavy atom. The number of nitrogens with one attached hydrogen (secondary N) is 1. The summed E-state index contributed by atoms with van der Waals surface area (Å²) in [7, 11) is 0. The number of phenolic OH excluding ortho intramolecular Hbond substituents is 1. The molecule has 0 aromatic heterocycles. The van der Waals surface area contributed by atoms with E-state index in [0.29, 0.717) is 12.1 Å². The molecule has 1 amide bonds. The molecular weight excluding hydrogens is 262 g/mol. The summed E-state index contributed by atoms with van der Waals surface area (Å²) in [4.78, 5) is 11.9. The molecule has 19 heavy (non-hydrogen) atoms. The van der Waals surface area contributed by atoms with Gasteiger partial charge in [0, 0.05) is 12.1 Å². The molecule has 3 nitrogen and oxygen atoms in total. The highest BCUT2D eigenvalue weighted by molar-refractivity contribution is 6.32. The van der Waals surface area contributed by atoms with Gasteiger partial charge in [0.15, 0.2) is 0 Å².